The van der Waals surface area contributed by atoms with Crippen LogP contribution in [0.4, 0.5) is 17.1 Å². The van der Waals surface area contributed by atoms with Crippen molar-refractivity contribution in [2.45, 2.75) is 24.9 Å². The molecule has 3 aliphatic carbocycles. The highest BCUT2D eigenvalue weighted by Gasteiger charge is 2.66. The lowest BCUT2D eigenvalue weighted by Gasteiger charge is -2.48. The molecule has 2 unspecified atom stereocenters. The van der Waals surface area contributed by atoms with Crippen molar-refractivity contribution in [1.82, 2.24) is 0 Å². The SMILES string of the molecule is CN(C)c1cc(NC(=S)Nc2cccc3ccccc23)c(O)c2c1C[C@H]1C[C@H]3CC(=O)C(C(N)=O)C(=O)[C@@]3(O)C(=O)C1C2=O. The Morgan fingerprint density at radius 3 is 2.39 bits per heavy atom. The fourth-order valence-corrected chi connectivity index (χ4v) is 7.34. The molecular formula is C32H30N4O7S. The van der Waals surface area contributed by atoms with Crippen LogP contribution in [0.2, 0.25) is 0 Å². The van der Waals surface area contributed by atoms with Crippen LogP contribution in [0.15, 0.2) is 48.5 Å². The smallest absolute Gasteiger partial charge is 0.235 e. The van der Waals surface area contributed by atoms with Gasteiger partial charge in [-0.25, -0.2) is 0 Å². The topological polar surface area (TPSA) is 179 Å². The van der Waals surface area contributed by atoms with Gasteiger partial charge < -0.3 is 31.5 Å². The Bertz CT molecular complexity index is 1820. The van der Waals surface area contributed by atoms with Gasteiger partial charge in [-0.15, -0.1) is 0 Å². The van der Waals surface area contributed by atoms with E-state index in [4.69, 9.17) is 18.0 Å². The van der Waals surface area contributed by atoms with Crippen LogP contribution in [0.5, 0.6) is 5.75 Å². The molecule has 0 saturated heterocycles. The van der Waals surface area contributed by atoms with Crippen LogP contribution in [0.3, 0.4) is 0 Å². The molecule has 3 aromatic rings. The Morgan fingerprint density at radius 1 is 1.00 bits per heavy atom. The van der Waals surface area contributed by atoms with Crippen LogP contribution in [0.1, 0.15) is 28.8 Å². The monoisotopic (exact) mass is 614 g/mol. The summed E-state index contributed by atoms with van der Waals surface area (Å²) in [6.07, 6.45) is -0.193. The van der Waals surface area contributed by atoms with E-state index in [2.05, 4.69) is 10.6 Å². The number of benzene rings is 3. The minimum absolute atomic E-state index is 0.0215. The quantitative estimate of drug-likeness (QED) is 0.165. The molecule has 6 N–H and O–H groups in total. The summed E-state index contributed by atoms with van der Waals surface area (Å²) >= 11 is 5.56. The third-order valence-electron chi connectivity index (χ3n) is 9.15. The molecule has 0 radical (unpaired) electrons. The normalized spacial score (nSPS) is 26.0. The minimum atomic E-state index is -2.71. The molecule has 2 saturated carbocycles. The highest BCUT2D eigenvalue weighted by molar-refractivity contribution is 7.80. The number of nitrogens with zero attached hydrogens (tertiary/aromatic N) is 1. The number of hydrogen-bond donors (Lipinski definition) is 5. The summed E-state index contributed by atoms with van der Waals surface area (Å²) in [4.78, 5) is 67.4. The summed E-state index contributed by atoms with van der Waals surface area (Å²) in [5, 5.41) is 31.1. The number of aliphatic hydroxyl groups is 1. The predicted molar refractivity (Wildman–Crippen MR) is 167 cm³/mol. The maximum Gasteiger partial charge on any atom is 0.235 e. The van der Waals surface area contributed by atoms with Gasteiger partial charge in [-0.3, -0.25) is 24.0 Å². The number of phenols is 1. The third-order valence-corrected chi connectivity index (χ3v) is 9.35. The fraction of sp³-hybridized carbons (Fsp3) is 0.312. The number of nitrogens with one attached hydrogen (secondary N) is 2. The fourth-order valence-electron chi connectivity index (χ4n) is 7.12. The molecule has 226 valence electrons. The van der Waals surface area contributed by atoms with Gasteiger partial charge in [0.05, 0.1) is 17.2 Å². The van der Waals surface area contributed by atoms with Gasteiger partial charge in [-0.2, -0.15) is 0 Å². The number of phenolic OH excluding ortho intramolecular Hbond substituents is 1. The second-order valence-electron chi connectivity index (χ2n) is 11.9. The first-order valence-electron chi connectivity index (χ1n) is 14.1. The molecule has 6 rings (SSSR count). The Hall–Kier alpha value is -4.68. The van der Waals surface area contributed by atoms with Crippen LogP contribution in [0.25, 0.3) is 10.8 Å². The second-order valence-corrected chi connectivity index (χ2v) is 12.3. The lowest BCUT2D eigenvalue weighted by Crippen LogP contribution is -2.68. The maximum atomic E-state index is 14.1. The first kappa shape index (κ1) is 29.4. The first-order valence-corrected chi connectivity index (χ1v) is 14.5. The Kier molecular flexibility index (Phi) is 7.01. The molecule has 0 aromatic heterocycles. The zero-order chi connectivity index (χ0) is 31.7. The minimum Gasteiger partial charge on any atom is -0.505 e. The van der Waals surface area contributed by atoms with Crippen LogP contribution in [0, 0.1) is 23.7 Å². The van der Waals surface area contributed by atoms with Crippen LogP contribution in [-0.4, -0.2) is 64.1 Å². The van der Waals surface area contributed by atoms with Crippen molar-refractivity contribution in [2.75, 3.05) is 29.6 Å². The number of amides is 1. The van der Waals surface area contributed by atoms with Gasteiger partial charge in [0.2, 0.25) is 5.91 Å². The van der Waals surface area contributed by atoms with Gasteiger partial charge in [-0.05, 0) is 54.1 Å². The number of aromatic hydroxyl groups is 1. The second kappa shape index (κ2) is 10.5. The number of fused-ring (bicyclic) bond motifs is 4. The van der Waals surface area contributed by atoms with Crippen LogP contribution < -0.4 is 21.3 Å². The molecule has 0 aliphatic heterocycles. The van der Waals surface area contributed by atoms with E-state index in [-0.39, 0.29) is 35.6 Å². The molecule has 12 heteroatoms. The van der Waals surface area contributed by atoms with E-state index >= 15 is 0 Å². The molecule has 0 heterocycles. The van der Waals surface area contributed by atoms with Crippen molar-refractivity contribution in [1.29, 1.82) is 0 Å². The first-order chi connectivity index (χ1) is 20.8. The van der Waals surface area contributed by atoms with E-state index in [0.717, 1.165) is 16.5 Å². The number of anilines is 3. The molecule has 44 heavy (non-hydrogen) atoms. The van der Waals surface area contributed by atoms with E-state index in [0.29, 0.717) is 11.3 Å². The number of Topliss-reactive ketones (excluding diaryl/α,β-unsaturated/α-hetero) is 4. The van der Waals surface area contributed by atoms with E-state index in [1.165, 1.54) is 0 Å². The summed E-state index contributed by atoms with van der Waals surface area (Å²) in [7, 11) is 3.54. The number of carbonyl (C=O) groups is 5. The van der Waals surface area contributed by atoms with Crippen LogP contribution in [-0.2, 0) is 25.6 Å². The average molecular weight is 615 g/mol. The van der Waals surface area contributed by atoms with Gasteiger partial charge in [0.25, 0.3) is 0 Å². The summed E-state index contributed by atoms with van der Waals surface area (Å²) in [6, 6.07) is 15.1. The molecule has 0 bridgehead atoms. The molecular weight excluding hydrogens is 584 g/mol. The van der Waals surface area contributed by atoms with Crippen molar-refractivity contribution in [3.05, 3.63) is 59.7 Å². The Balaban J connectivity index is 1.36. The lowest BCUT2D eigenvalue weighted by atomic mass is 9.53. The number of thiocarbonyl (C=S) groups is 1. The largest absolute Gasteiger partial charge is 0.505 e. The van der Waals surface area contributed by atoms with E-state index in [1.54, 1.807) is 25.1 Å². The third kappa shape index (κ3) is 4.36. The number of hydrogen-bond acceptors (Lipinski definition) is 9. The van der Waals surface area contributed by atoms with Gasteiger partial charge >= 0.3 is 0 Å². The zero-order valence-corrected chi connectivity index (χ0v) is 24.7. The zero-order valence-electron chi connectivity index (χ0n) is 23.9. The predicted octanol–water partition coefficient (Wildman–Crippen LogP) is 2.35. The number of ketones is 4. The summed E-state index contributed by atoms with van der Waals surface area (Å²) in [5.74, 6) is -10.7. The number of carbonyl (C=O) groups excluding carboxylic acids is 5. The molecule has 3 aromatic carbocycles. The van der Waals surface area contributed by atoms with Crippen molar-refractivity contribution in [3.8, 4) is 5.75 Å². The van der Waals surface area contributed by atoms with E-state index < -0.39 is 64.1 Å². The number of nitrogens with two attached hydrogens (primary N) is 1. The van der Waals surface area contributed by atoms with E-state index in [1.807, 2.05) is 42.5 Å². The van der Waals surface area contributed by atoms with E-state index in [9.17, 15) is 34.2 Å². The molecule has 3 aliphatic rings. The summed E-state index contributed by atoms with van der Waals surface area (Å²) < 4.78 is 0. The van der Waals surface area contributed by atoms with Crippen LogP contribution >= 0.6 is 12.2 Å². The number of rotatable bonds is 4. The molecule has 11 nitrogen and oxygen atoms in total. The average Bonchev–Trinajstić information content (AvgIpc) is 2.96. The lowest BCUT2D eigenvalue weighted by molar-refractivity contribution is -0.175. The van der Waals surface area contributed by atoms with Crippen molar-refractivity contribution < 1.29 is 34.2 Å². The Morgan fingerprint density at radius 2 is 1.68 bits per heavy atom. The molecule has 2 fully saturated rings. The molecule has 1 amide bonds. The van der Waals surface area contributed by atoms with Crippen molar-refractivity contribution in [2.24, 2.45) is 29.4 Å². The van der Waals surface area contributed by atoms with Crippen molar-refractivity contribution in [3.63, 3.8) is 0 Å². The highest BCUT2D eigenvalue weighted by Crippen LogP contribution is 2.52. The van der Waals surface area contributed by atoms with Gasteiger partial charge in [0, 0.05) is 43.2 Å². The molecule has 0 spiro atoms. The number of primary amides is 1. The standard InChI is InChI=1S/C32H30N4O7S/c1-36(2)21-13-20(35-31(44)34-19-9-5-7-14-6-3-4-8-17(14)19)26(38)24-18(21)11-15-10-16-12-22(37)25(30(33)42)29(41)32(16,43)28(40)23(15)27(24)39/h3-9,13,15-16,23,25,38,43H,10-12H2,1-2H3,(H2,33,42)(H2,34,35,44)/t15-,16+,23?,25?,32+/m1/s1. The van der Waals surface area contributed by atoms with Gasteiger partial charge in [-0.1, -0.05) is 36.4 Å². The van der Waals surface area contributed by atoms with Gasteiger partial charge in [0.1, 0.15) is 5.75 Å². The molecule has 5 atom stereocenters. The summed E-state index contributed by atoms with van der Waals surface area (Å²) in [6.45, 7) is 0. The van der Waals surface area contributed by atoms with Crippen molar-refractivity contribution >= 4 is 74.2 Å². The Labute approximate surface area is 257 Å². The highest BCUT2D eigenvalue weighted by atomic mass is 32.1. The van der Waals surface area contributed by atoms with Gasteiger partial charge in [0.15, 0.2) is 39.8 Å². The summed E-state index contributed by atoms with van der Waals surface area (Å²) in [5.41, 5.74) is 4.38. The maximum absolute atomic E-state index is 14.1.